The van der Waals surface area contributed by atoms with E-state index in [-0.39, 0.29) is 17.0 Å². The Kier molecular flexibility index (Phi) is 5.68. The van der Waals surface area contributed by atoms with Gasteiger partial charge >= 0.3 is 5.97 Å². The van der Waals surface area contributed by atoms with Crippen LogP contribution in [-0.2, 0) is 4.74 Å². The van der Waals surface area contributed by atoms with Crippen molar-refractivity contribution < 1.29 is 14.3 Å². The second-order valence-corrected chi connectivity index (χ2v) is 6.10. The highest BCUT2D eigenvalue weighted by Crippen LogP contribution is 2.18. The Bertz CT molecular complexity index is 789. The number of rotatable bonds is 4. The first-order valence-electron chi connectivity index (χ1n) is 8.38. The number of nitrogens with zero attached hydrogens (tertiary/aromatic N) is 4. The zero-order valence-corrected chi connectivity index (χ0v) is 15.1. The fourth-order valence-electron chi connectivity index (χ4n) is 2.76. The fourth-order valence-corrected chi connectivity index (χ4v) is 2.96. The van der Waals surface area contributed by atoms with Crippen molar-refractivity contribution in [1.29, 1.82) is 0 Å². The highest BCUT2D eigenvalue weighted by atomic mass is 35.5. The summed E-state index contributed by atoms with van der Waals surface area (Å²) >= 11 is 6.01. The van der Waals surface area contributed by atoms with E-state index in [0.717, 1.165) is 5.82 Å². The van der Waals surface area contributed by atoms with Crippen molar-refractivity contribution in [3.8, 4) is 0 Å². The molecule has 0 aliphatic carbocycles. The molecule has 26 heavy (non-hydrogen) atoms. The van der Waals surface area contributed by atoms with Gasteiger partial charge in [-0.05, 0) is 31.2 Å². The number of carbonyl (C=O) groups excluding carboxylic acids is 2. The topological polar surface area (TPSA) is 75.6 Å². The van der Waals surface area contributed by atoms with Crippen LogP contribution >= 0.6 is 11.6 Å². The predicted molar refractivity (Wildman–Crippen MR) is 97.6 cm³/mol. The molecule has 2 aromatic heterocycles. The fraction of sp³-hybridized carbons (Fsp3) is 0.333. The maximum Gasteiger partial charge on any atom is 0.339 e. The summed E-state index contributed by atoms with van der Waals surface area (Å²) in [5.41, 5.74) is 0.843. The normalized spacial score (nSPS) is 14.2. The third kappa shape index (κ3) is 3.94. The molecule has 2 aromatic rings. The van der Waals surface area contributed by atoms with E-state index in [1.54, 1.807) is 42.3 Å². The molecule has 7 nitrogen and oxygen atoms in total. The minimum Gasteiger partial charge on any atom is -0.462 e. The van der Waals surface area contributed by atoms with E-state index in [2.05, 4.69) is 14.9 Å². The van der Waals surface area contributed by atoms with Gasteiger partial charge in [0.15, 0.2) is 0 Å². The lowest BCUT2D eigenvalue weighted by molar-refractivity contribution is 0.0525. The Morgan fingerprint density at radius 1 is 1.15 bits per heavy atom. The Balaban J connectivity index is 1.61. The lowest BCUT2D eigenvalue weighted by atomic mass is 10.2. The van der Waals surface area contributed by atoms with Crippen LogP contribution in [0.5, 0.6) is 0 Å². The van der Waals surface area contributed by atoms with Crippen molar-refractivity contribution >= 4 is 29.3 Å². The lowest BCUT2D eigenvalue weighted by Gasteiger charge is -2.35. The first-order chi connectivity index (χ1) is 12.6. The van der Waals surface area contributed by atoms with Gasteiger partial charge in [0.1, 0.15) is 11.0 Å². The van der Waals surface area contributed by atoms with Gasteiger partial charge in [-0.25, -0.2) is 14.8 Å². The van der Waals surface area contributed by atoms with Crippen molar-refractivity contribution in [2.75, 3.05) is 37.7 Å². The number of carbonyl (C=O) groups is 2. The van der Waals surface area contributed by atoms with Gasteiger partial charge in [-0.2, -0.15) is 0 Å². The summed E-state index contributed by atoms with van der Waals surface area (Å²) < 4.78 is 4.95. The van der Waals surface area contributed by atoms with Crippen molar-refractivity contribution in [1.82, 2.24) is 14.9 Å². The van der Waals surface area contributed by atoms with Gasteiger partial charge < -0.3 is 14.5 Å². The van der Waals surface area contributed by atoms with Gasteiger partial charge in [-0.3, -0.25) is 4.79 Å². The van der Waals surface area contributed by atoms with Crippen molar-refractivity contribution in [3.05, 3.63) is 52.9 Å². The maximum atomic E-state index is 12.6. The standard InChI is InChI=1S/C18H19ClN4O3/c1-2-26-18(25)13-5-6-15(21-12-13)22-8-10-23(11-9-22)17(24)14-4-3-7-20-16(14)19/h3-7,12H,2,8-11H2,1H3. The number of amides is 1. The summed E-state index contributed by atoms with van der Waals surface area (Å²) in [5, 5.41) is 0.219. The van der Waals surface area contributed by atoms with Gasteiger partial charge in [-0.15, -0.1) is 0 Å². The summed E-state index contributed by atoms with van der Waals surface area (Å²) in [6.45, 7) is 4.51. The molecule has 0 unspecified atom stereocenters. The lowest BCUT2D eigenvalue weighted by Crippen LogP contribution is -2.49. The number of pyridine rings is 2. The second-order valence-electron chi connectivity index (χ2n) is 5.75. The molecule has 0 aromatic carbocycles. The van der Waals surface area contributed by atoms with Crippen LogP contribution in [0.15, 0.2) is 36.7 Å². The largest absolute Gasteiger partial charge is 0.462 e. The molecular formula is C18H19ClN4O3. The molecule has 8 heteroatoms. The van der Waals surface area contributed by atoms with Crippen LogP contribution in [0.4, 0.5) is 5.82 Å². The molecule has 3 heterocycles. The van der Waals surface area contributed by atoms with Gasteiger partial charge in [0, 0.05) is 38.6 Å². The van der Waals surface area contributed by atoms with E-state index >= 15 is 0 Å². The zero-order valence-electron chi connectivity index (χ0n) is 14.4. The summed E-state index contributed by atoms with van der Waals surface area (Å²) in [5.74, 6) is 0.272. The van der Waals surface area contributed by atoms with Crippen LogP contribution in [0.3, 0.4) is 0 Å². The van der Waals surface area contributed by atoms with E-state index in [0.29, 0.717) is 43.9 Å². The molecule has 0 atom stereocenters. The molecule has 1 aliphatic heterocycles. The van der Waals surface area contributed by atoms with Crippen LogP contribution in [0, 0.1) is 0 Å². The van der Waals surface area contributed by atoms with Crippen LogP contribution in [0.2, 0.25) is 5.15 Å². The molecule has 1 aliphatic rings. The van der Waals surface area contributed by atoms with E-state index in [9.17, 15) is 9.59 Å². The number of hydrogen-bond donors (Lipinski definition) is 0. The smallest absolute Gasteiger partial charge is 0.339 e. The van der Waals surface area contributed by atoms with Crippen molar-refractivity contribution in [3.63, 3.8) is 0 Å². The van der Waals surface area contributed by atoms with Gasteiger partial charge in [0.05, 0.1) is 17.7 Å². The molecule has 1 amide bonds. The van der Waals surface area contributed by atoms with Gasteiger partial charge in [0.25, 0.3) is 5.91 Å². The molecule has 1 fully saturated rings. The minimum atomic E-state index is -0.379. The van der Waals surface area contributed by atoms with E-state index < -0.39 is 0 Å². The summed E-state index contributed by atoms with van der Waals surface area (Å²) in [7, 11) is 0. The molecule has 0 radical (unpaired) electrons. The van der Waals surface area contributed by atoms with Crippen LogP contribution in [0.25, 0.3) is 0 Å². The number of esters is 1. The number of halogens is 1. The molecule has 3 rings (SSSR count). The molecule has 1 saturated heterocycles. The number of hydrogen-bond acceptors (Lipinski definition) is 6. The first-order valence-corrected chi connectivity index (χ1v) is 8.76. The molecule has 0 bridgehead atoms. The highest BCUT2D eigenvalue weighted by Gasteiger charge is 2.24. The molecule has 0 N–H and O–H groups in total. The summed E-state index contributed by atoms with van der Waals surface area (Å²) in [6.07, 6.45) is 3.07. The quantitative estimate of drug-likeness (QED) is 0.603. The molecule has 136 valence electrons. The Morgan fingerprint density at radius 3 is 2.54 bits per heavy atom. The third-order valence-corrected chi connectivity index (χ3v) is 4.44. The van der Waals surface area contributed by atoms with Crippen LogP contribution in [-0.4, -0.2) is 59.5 Å². The van der Waals surface area contributed by atoms with Gasteiger partial charge in [-0.1, -0.05) is 11.6 Å². The number of anilines is 1. The average molecular weight is 375 g/mol. The van der Waals surface area contributed by atoms with Crippen molar-refractivity contribution in [2.24, 2.45) is 0 Å². The maximum absolute atomic E-state index is 12.6. The summed E-state index contributed by atoms with van der Waals surface area (Å²) in [4.78, 5) is 36.4. The predicted octanol–water partition coefficient (Wildman–Crippen LogP) is 2.27. The Morgan fingerprint density at radius 2 is 1.92 bits per heavy atom. The molecule has 0 saturated carbocycles. The van der Waals surface area contributed by atoms with E-state index in [4.69, 9.17) is 16.3 Å². The van der Waals surface area contributed by atoms with Crippen LogP contribution in [0.1, 0.15) is 27.6 Å². The zero-order chi connectivity index (χ0) is 18.5. The number of ether oxygens (including phenoxy) is 1. The number of piperazine rings is 1. The first kappa shape index (κ1) is 18.1. The summed E-state index contributed by atoms with van der Waals surface area (Å²) in [6, 6.07) is 6.87. The monoisotopic (exact) mass is 374 g/mol. The Hall–Kier alpha value is -2.67. The highest BCUT2D eigenvalue weighted by molar-refractivity contribution is 6.32. The van der Waals surface area contributed by atoms with E-state index in [1.165, 1.54) is 6.20 Å². The molecule has 0 spiro atoms. The van der Waals surface area contributed by atoms with Crippen LogP contribution < -0.4 is 4.90 Å². The van der Waals surface area contributed by atoms with Crippen molar-refractivity contribution in [2.45, 2.75) is 6.92 Å². The average Bonchev–Trinajstić information content (AvgIpc) is 2.68. The SMILES string of the molecule is CCOC(=O)c1ccc(N2CCN(C(=O)c3cccnc3Cl)CC2)nc1. The van der Waals surface area contributed by atoms with Gasteiger partial charge in [0.2, 0.25) is 0 Å². The second kappa shape index (κ2) is 8.14. The minimum absolute atomic E-state index is 0.117. The number of aromatic nitrogens is 2. The Labute approximate surface area is 156 Å². The van der Waals surface area contributed by atoms with E-state index in [1.807, 2.05) is 0 Å². The third-order valence-electron chi connectivity index (χ3n) is 4.14. The molecular weight excluding hydrogens is 356 g/mol.